The van der Waals surface area contributed by atoms with Gasteiger partial charge >= 0.3 is 0 Å². The minimum atomic E-state index is -2.82. The molecule has 90 valence electrons. The Morgan fingerprint density at radius 3 is 2.06 bits per heavy atom. The molecule has 1 aromatic rings. The molecule has 1 aromatic carbocycles. The third kappa shape index (κ3) is 2.41. The van der Waals surface area contributed by atoms with Crippen LogP contribution in [0.25, 0.3) is 0 Å². The van der Waals surface area contributed by atoms with E-state index < -0.39 is 12.5 Å². The zero-order chi connectivity index (χ0) is 12.3. The maximum Gasteiger partial charge on any atom is 0.268 e. The average Bonchev–Trinajstić information content (AvgIpc) is 2.27. The van der Waals surface area contributed by atoms with Crippen molar-refractivity contribution in [3.05, 3.63) is 23.3 Å². The van der Waals surface area contributed by atoms with E-state index >= 15 is 0 Å². The number of benzene rings is 1. The van der Waals surface area contributed by atoms with Gasteiger partial charge < -0.3 is 14.6 Å². The molecule has 0 aliphatic carbocycles. The Balaban J connectivity index is 3.21. The molecule has 0 aromatic heterocycles. The van der Waals surface area contributed by atoms with Crippen LogP contribution >= 0.6 is 0 Å². The van der Waals surface area contributed by atoms with E-state index in [2.05, 4.69) is 0 Å². The van der Waals surface area contributed by atoms with E-state index in [4.69, 9.17) is 9.47 Å². The summed E-state index contributed by atoms with van der Waals surface area (Å²) in [6.45, 7) is 1.63. The van der Waals surface area contributed by atoms with Gasteiger partial charge in [0.25, 0.3) is 6.43 Å². The topological polar surface area (TPSA) is 38.7 Å². The molecule has 0 aliphatic rings. The highest BCUT2D eigenvalue weighted by Crippen LogP contribution is 2.34. The lowest BCUT2D eigenvalue weighted by Crippen LogP contribution is -2.10. The van der Waals surface area contributed by atoms with Crippen LogP contribution in [0.4, 0.5) is 8.78 Å². The van der Waals surface area contributed by atoms with E-state index in [1.54, 1.807) is 13.0 Å². The fourth-order valence-electron chi connectivity index (χ4n) is 1.45. The number of ether oxygens (including phenoxy) is 2. The van der Waals surface area contributed by atoms with Crippen molar-refractivity contribution in [2.45, 2.75) is 19.5 Å². The molecule has 1 unspecified atom stereocenters. The monoisotopic (exact) mass is 232 g/mol. The summed E-state index contributed by atoms with van der Waals surface area (Å²) < 4.78 is 34.8. The Labute approximate surface area is 92.6 Å². The van der Waals surface area contributed by atoms with Gasteiger partial charge in [-0.05, 0) is 30.2 Å². The summed E-state index contributed by atoms with van der Waals surface area (Å²) in [5.41, 5.74) is 0.679. The van der Waals surface area contributed by atoms with E-state index in [-0.39, 0.29) is 5.56 Å². The molecular formula is C11H14F2O3. The Hall–Kier alpha value is -1.36. The van der Waals surface area contributed by atoms with Crippen LogP contribution in [0.3, 0.4) is 0 Å². The quantitative estimate of drug-likeness (QED) is 0.865. The van der Waals surface area contributed by atoms with Crippen LogP contribution in [0, 0.1) is 6.92 Å². The van der Waals surface area contributed by atoms with E-state index in [0.29, 0.717) is 17.1 Å². The molecule has 0 radical (unpaired) electrons. The second kappa shape index (κ2) is 5.12. The molecule has 0 amide bonds. The lowest BCUT2D eigenvalue weighted by atomic mass is 10.0. The summed E-state index contributed by atoms with van der Waals surface area (Å²) in [4.78, 5) is 0. The van der Waals surface area contributed by atoms with Crippen LogP contribution in [-0.2, 0) is 0 Å². The zero-order valence-corrected chi connectivity index (χ0v) is 9.33. The number of halogens is 2. The van der Waals surface area contributed by atoms with Crippen molar-refractivity contribution in [3.8, 4) is 11.5 Å². The first kappa shape index (κ1) is 12.7. The first-order valence-electron chi connectivity index (χ1n) is 4.70. The van der Waals surface area contributed by atoms with Gasteiger partial charge in [-0.25, -0.2) is 8.78 Å². The Bertz CT molecular complexity index is 366. The second-order valence-corrected chi connectivity index (χ2v) is 3.34. The van der Waals surface area contributed by atoms with Crippen LogP contribution in [0.2, 0.25) is 0 Å². The van der Waals surface area contributed by atoms with E-state index in [1.807, 2.05) is 0 Å². The van der Waals surface area contributed by atoms with E-state index in [9.17, 15) is 13.9 Å². The molecule has 5 heteroatoms. The first-order chi connectivity index (χ1) is 7.51. The fraction of sp³-hybridized carbons (Fsp3) is 0.455. The summed E-state index contributed by atoms with van der Waals surface area (Å²) in [5.74, 6) is 0.771. The smallest absolute Gasteiger partial charge is 0.268 e. The number of rotatable bonds is 4. The van der Waals surface area contributed by atoms with Crippen molar-refractivity contribution in [2.75, 3.05) is 14.2 Å². The lowest BCUT2D eigenvalue weighted by molar-refractivity contribution is -0.00625. The van der Waals surface area contributed by atoms with Gasteiger partial charge in [0.2, 0.25) is 0 Å². The van der Waals surface area contributed by atoms with Gasteiger partial charge in [0.1, 0.15) is 6.10 Å². The molecule has 1 rings (SSSR count). The van der Waals surface area contributed by atoms with Crippen LogP contribution in [0.15, 0.2) is 12.1 Å². The minimum absolute atomic E-state index is 0.146. The largest absolute Gasteiger partial charge is 0.493 e. The third-order valence-corrected chi connectivity index (χ3v) is 2.33. The van der Waals surface area contributed by atoms with Crippen LogP contribution in [-0.4, -0.2) is 25.8 Å². The number of aliphatic hydroxyl groups excluding tert-OH is 1. The highest BCUT2D eigenvalue weighted by atomic mass is 19.3. The number of methoxy groups -OCH3 is 2. The average molecular weight is 232 g/mol. The van der Waals surface area contributed by atoms with Gasteiger partial charge in [0.15, 0.2) is 11.5 Å². The molecule has 0 heterocycles. The van der Waals surface area contributed by atoms with Crippen LogP contribution in [0.1, 0.15) is 17.2 Å². The molecule has 0 spiro atoms. The van der Waals surface area contributed by atoms with Crippen LogP contribution < -0.4 is 9.47 Å². The van der Waals surface area contributed by atoms with Crippen LogP contribution in [0.5, 0.6) is 11.5 Å². The molecule has 0 saturated heterocycles. The molecule has 0 bridgehead atoms. The Morgan fingerprint density at radius 2 is 1.62 bits per heavy atom. The first-order valence-corrected chi connectivity index (χ1v) is 4.70. The zero-order valence-electron chi connectivity index (χ0n) is 9.33. The highest BCUT2D eigenvalue weighted by Gasteiger charge is 2.22. The van der Waals surface area contributed by atoms with E-state index in [1.165, 1.54) is 20.3 Å². The van der Waals surface area contributed by atoms with Crippen molar-refractivity contribution in [1.29, 1.82) is 0 Å². The van der Waals surface area contributed by atoms with E-state index in [0.717, 1.165) is 0 Å². The maximum atomic E-state index is 12.4. The van der Waals surface area contributed by atoms with Gasteiger partial charge in [-0.3, -0.25) is 0 Å². The predicted molar refractivity (Wildman–Crippen MR) is 55.2 cm³/mol. The standard InChI is InChI=1S/C11H14F2O3/c1-6-4-8(15-2)9(16-3)5-7(6)10(14)11(12)13/h4-5,10-11,14H,1-3H3. The summed E-state index contributed by atoms with van der Waals surface area (Å²) >= 11 is 0. The second-order valence-electron chi connectivity index (χ2n) is 3.34. The highest BCUT2D eigenvalue weighted by molar-refractivity contribution is 5.47. The van der Waals surface area contributed by atoms with Crippen molar-refractivity contribution < 1.29 is 23.4 Å². The summed E-state index contributed by atoms with van der Waals surface area (Å²) in [6.07, 6.45) is -4.63. The number of alkyl halides is 2. The number of aryl methyl sites for hydroxylation is 1. The molecule has 0 saturated carbocycles. The summed E-state index contributed by atoms with van der Waals surface area (Å²) in [6, 6.07) is 2.92. The Morgan fingerprint density at radius 1 is 1.12 bits per heavy atom. The predicted octanol–water partition coefficient (Wildman–Crippen LogP) is 2.31. The molecule has 16 heavy (non-hydrogen) atoms. The number of hydrogen-bond donors (Lipinski definition) is 1. The molecule has 1 N–H and O–H groups in total. The Kier molecular flexibility index (Phi) is 4.06. The normalized spacial score (nSPS) is 12.7. The van der Waals surface area contributed by atoms with Gasteiger partial charge in [0, 0.05) is 0 Å². The van der Waals surface area contributed by atoms with Crippen molar-refractivity contribution in [1.82, 2.24) is 0 Å². The van der Waals surface area contributed by atoms with Gasteiger partial charge in [0.05, 0.1) is 14.2 Å². The van der Waals surface area contributed by atoms with Gasteiger partial charge in [-0.2, -0.15) is 0 Å². The van der Waals surface area contributed by atoms with Crippen molar-refractivity contribution >= 4 is 0 Å². The lowest BCUT2D eigenvalue weighted by Gasteiger charge is -2.16. The fourth-order valence-corrected chi connectivity index (χ4v) is 1.45. The SMILES string of the molecule is COc1cc(C)c(C(O)C(F)F)cc1OC. The summed E-state index contributed by atoms with van der Waals surface area (Å²) in [5, 5.41) is 9.32. The van der Waals surface area contributed by atoms with Crippen molar-refractivity contribution in [2.24, 2.45) is 0 Å². The number of hydrogen-bond acceptors (Lipinski definition) is 3. The molecule has 3 nitrogen and oxygen atoms in total. The molecule has 1 atom stereocenters. The minimum Gasteiger partial charge on any atom is -0.493 e. The molecule has 0 fully saturated rings. The molecular weight excluding hydrogens is 218 g/mol. The molecule has 0 aliphatic heterocycles. The number of aliphatic hydroxyl groups is 1. The summed E-state index contributed by atoms with van der Waals surface area (Å²) in [7, 11) is 2.87. The maximum absolute atomic E-state index is 12.4. The van der Waals surface area contributed by atoms with Gasteiger partial charge in [-0.15, -0.1) is 0 Å². The van der Waals surface area contributed by atoms with Crippen molar-refractivity contribution in [3.63, 3.8) is 0 Å². The third-order valence-electron chi connectivity index (χ3n) is 2.33. The van der Waals surface area contributed by atoms with Gasteiger partial charge in [-0.1, -0.05) is 0 Å².